The molecular weight excluding hydrogens is 366 g/mol. The number of nitrogens with zero attached hydrogens (tertiary/aromatic N) is 1. The highest BCUT2D eigenvalue weighted by Crippen LogP contribution is 2.24. The van der Waals surface area contributed by atoms with Crippen molar-refractivity contribution < 1.29 is 4.79 Å². The standard InChI is InChI=1S/C20H23N3OS.ClH/c1-20(2,3)18(21)19(24)22-14-10-8-13(9-11-14)12-17-23-15-6-4-5-7-16(15)25-17;/h4-11,18H,12,21H2,1-3H3,(H,22,24);1H/t18-;/m1./s1. The highest BCUT2D eigenvalue weighted by Gasteiger charge is 2.27. The van der Waals surface area contributed by atoms with Crippen LogP contribution in [0.5, 0.6) is 0 Å². The summed E-state index contributed by atoms with van der Waals surface area (Å²) in [5.41, 5.74) is 8.70. The maximum Gasteiger partial charge on any atom is 0.241 e. The van der Waals surface area contributed by atoms with Crippen LogP contribution < -0.4 is 11.1 Å². The minimum Gasteiger partial charge on any atom is -0.325 e. The van der Waals surface area contributed by atoms with Gasteiger partial charge in [0.25, 0.3) is 0 Å². The van der Waals surface area contributed by atoms with Crippen molar-refractivity contribution >= 4 is 45.6 Å². The van der Waals surface area contributed by atoms with Crippen LogP contribution in [-0.4, -0.2) is 16.9 Å². The maximum absolute atomic E-state index is 12.2. The van der Waals surface area contributed by atoms with E-state index in [1.807, 2.05) is 63.2 Å². The van der Waals surface area contributed by atoms with Gasteiger partial charge in [-0.05, 0) is 35.2 Å². The first-order valence-corrected chi connectivity index (χ1v) is 9.14. The van der Waals surface area contributed by atoms with Crippen molar-refractivity contribution in [3.8, 4) is 0 Å². The number of benzene rings is 2. The average molecular weight is 390 g/mol. The number of aromatic nitrogens is 1. The van der Waals surface area contributed by atoms with E-state index >= 15 is 0 Å². The molecule has 0 fully saturated rings. The fourth-order valence-electron chi connectivity index (χ4n) is 2.49. The molecule has 0 spiro atoms. The lowest BCUT2D eigenvalue weighted by Gasteiger charge is -2.25. The number of nitrogens with two attached hydrogens (primary N) is 1. The molecule has 1 aromatic heterocycles. The third-order valence-electron chi connectivity index (χ3n) is 4.13. The van der Waals surface area contributed by atoms with E-state index in [1.165, 1.54) is 4.70 Å². The lowest BCUT2D eigenvalue weighted by Crippen LogP contribution is -2.45. The van der Waals surface area contributed by atoms with Gasteiger partial charge >= 0.3 is 0 Å². The number of para-hydroxylation sites is 1. The Bertz CT molecular complexity index is 851. The van der Waals surface area contributed by atoms with Crippen molar-refractivity contribution in [1.82, 2.24) is 4.98 Å². The molecular formula is C20H24ClN3OS. The van der Waals surface area contributed by atoms with Gasteiger partial charge in [-0.25, -0.2) is 4.98 Å². The Morgan fingerprint density at radius 3 is 2.42 bits per heavy atom. The Labute approximate surface area is 164 Å². The molecule has 0 bridgehead atoms. The van der Waals surface area contributed by atoms with Gasteiger partial charge in [0.2, 0.25) is 5.91 Å². The molecule has 0 saturated heterocycles. The van der Waals surface area contributed by atoms with Gasteiger partial charge in [0.1, 0.15) is 0 Å². The quantitative estimate of drug-likeness (QED) is 0.684. The second-order valence-corrected chi connectivity index (χ2v) is 8.40. The molecule has 0 aliphatic rings. The lowest BCUT2D eigenvalue weighted by atomic mass is 9.87. The largest absolute Gasteiger partial charge is 0.325 e. The third kappa shape index (κ3) is 4.81. The van der Waals surface area contributed by atoms with Crippen LogP contribution in [0.1, 0.15) is 31.3 Å². The van der Waals surface area contributed by atoms with Crippen LogP contribution in [0.25, 0.3) is 10.2 Å². The second-order valence-electron chi connectivity index (χ2n) is 7.28. The summed E-state index contributed by atoms with van der Waals surface area (Å²) in [5.74, 6) is -0.161. The fourth-order valence-corrected chi connectivity index (χ4v) is 3.49. The number of hydrogen-bond donors (Lipinski definition) is 2. The predicted molar refractivity (Wildman–Crippen MR) is 112 cm³/mol. The molecule has 1 atom stereocenters. The minimum absolute atomic E-state index is 0. The monoisotopic (exact) mass is 389 g/mol. The van der Waals surface area contributed by atoms with Crippen LogP contribution in [0.2, 0.25) is 0 Å². The number of amides is 1. The Hall–Kier alpha value is -1.95. The van der Waals surface area contributed by atoms with E-state index < -0.39 is 6.04 Å². The van der Waals surface area contributed by atoms with Gasteiger partial charge in [0, 0.05) is 12.1 Å². The molecule has 4 nitrogen and oxygen atoms in total. The first-order chi connectivity index (χ1) is 11.8. The van der Waals surface area contributed by atoms with Crippen molar-refractivity contribution in [1.29, 1.82) is 0 Å². The summed E-state index contributed by atoms with van der Waals surface area (Å²) in [5, 5.41) is 3.97. The third-order valence-corrected chi connectivity index (χ3v) is 5.17. The molecule has 3 aromatic rings. The van der Waals surface area contributed by atoms with Crippen molar-refractivity contribution in [2.75, 3.05) is 5.32 Å². The molecule has 3 rings (SSSR count). The number of hydrogen-bond acceptors (Lipinski definition) is 4. The highest BCUT2D eigenvalue weighted by atomic mass is 35.5. The minimum atomic E-state index is -0.546. The van der Waals surface area contributed by atoms with Crippen LogP contribution in [0.4, 0.5) is 5.69 Å². The van der Waals surface area contributed by atoms with Gasteiger partial charge in [0.15, 0.2) is 0 Å². The molecule has 138 valence electrons. The Morgan fingerprint density at radius 1 is 1.15 bits per heavy atom. The molecule has 0 saturated carbocycles. The van der Waals surface area contributed by atoms with Gasteiger partial charge in [-0.2, -0.15) is 0 Å². The van der Waals surface area contributed by atoms with Gasteiger partial charge in [0.05, 0.1) is 21.3 Å². The van der Waals surface area contributed by atoms with Gasteiger partial charge in [-0.3, -0.25) is 4.79 Å². The zero-order chi connectivity index (χ0) is 18.0. The maximum atomic E-state index is 12.2. The summed E-state index contributed by atoms with van der Waals surface area (Å²) in [4.78, 5) is 16.9. The number of carbonyl (C=O) groups is 1. The predicted octanol–water partition coefficient (Wildman–Crippen LogP) is 4.62. The number of nitrogens with one attached hydrogen (secondary N) is 1. The molecule has 0 unspecified atom stereocenters. The van der Waals surface area contributed by atoms with Gasteiger partial charge < -0.3 is 11.1 Å². The topological polar surface area (TPSA) is 68.0 Å². The number of rotatable bonds is 4. The SMILES string of the molecule is CC(C)(C)[C@H](N)C(=O)Nc1ccc(Cc2nc3ccccc3s2)cc1.Cl. The van der Waals surface area contributed by atoms with E-state index in [2.05, 4.69) is 16.4 Å². The lowest BCUT2D eigenvalue weighted by molar-refractivity contribution is -0.119. The fraction of sp³-hybridized carbons (Fsp3) is 0.300. The van der Waals surface area contributed by atoms with Crippen molar-refractivity contribution in [3.63, 3.8) is 0 Å². The average Bonchev–Trinajstić information content (AvgIpc) is 2.97. The van der Waals surface area contributed by atoms with Crippen molar-refractivity contribution in [2.24, 2.45) is 11.1 Å². The van der Waals surface area contributed by atoms with E-state index in [4.69, 9.17) is 5.73 Å². The normalized spacial score (nSPS) is 12.5. The summed E-state index contributed by atoms with van der Waals surface area (Å²) >= 11 is 1.72. The Balaban J connectivity index is 0.00000243. The first-order valence-electron chi connectivity index (χ1n) is 8.33. The number of halogens is 1. The summed E-state index contributed by atoms with van der Waals surface area (Å²) in [6, 6.07) is 15.5. The van der Waals surface area contributed by atoms with E-state index in [0.717, 1.165) is 28.2 Å². The molecule has 6 heteroatoms. The first kappa shape index (κ1) is 20.4. The summed E-state index contributed by atoms with van der Waals surface area (Å²) < 4.78 is 1.21. The molecule has 26 heavy (non-hydrogen) atoms. The van der Waals surface area contributed by atoms with E-state index in [-0.39, 0.29) is 23.7 Å². The molecule has 0 aliphatic heterocycles. The zero-order valence-corrected chi connectivity index (χ0v) is 16.8. The van der Waals surface area contributed by atoms with E-state index in [0.29, 0.717) is 0 Å². The van der Waals surface area contributed by atoms with Crippen molar-refractivity contribution in [3.05, 3.63) is 59.1 Å². The molecule has 1 heterocycles. The van der Waals surface area contributed by atoms with Crippen LogP contribution in [-0.2, 0) is 11.2 Å². The number of thiazole rings is 1. The van der Waals surface area contributed by atoms with Crippen LogP contribution >= 0.6 is 23.7 Å². The van der Waals surface area contributed by atoms with Crippen LogP contribution in [0.15, 0.2) is 48.5 Å². The molecule has 0 radical (unpaired) electrons. The van der Waals surface area contributed by atoms with E-state index in [1.54, 1.807) is 11.3 Å². The van der Waals surface area contributed by atoms with Gasteiger partial charge in [-0.15, -0.1) is 23.7 Å². The molecule has 0 aliphatic carbocycles. The molecule has 3 N–H and O–H groups in total. The molecule has 2 aromatic carbocycles. The van der Waals surface area contributed by atoms with Gasteiger partial charge in [-0.1, -0.05) is 45.0 Å². The Morgan fingerprint density at radius 2 is 1.81 bits per heavy atom. The zero-order valence-electron chi connectivity index (χ0n) is 15.2. The van der Waals surface area contributed by atoms with Crippen molar-refractivity contribution in [2.45, 2.75) is 33.2 Å². The van der Waals surface area contributed by atoms with E-state index in [9.17, 15) is 4.79 Å². The highest BCUT2D eigenvalue weighted by molar-refractivity contribution is 7.18. The smallest absolute Gasteiger partial charge is 0.241 e. The summed E-state index contributed by atoms with van der Waals surface area (Å²) in [6.07, 6.45) is 0.787. The number of fused-ring (bicyclic) bond motifs is 1. The number of anilines is 1. The second kappa shape index (κ2) is 8.16. The summed E-state index contributed by atoms with van der Waals surface area (Å²) in [6.45, 7) is 5.87. The Kier molecular flexibility index (Phi) is 6.39. The molecule has 1 amide bonds. The van der Waals surface area contributed by atoms with Crippen LogP contribution in [0.3, 0.4) is 0 Å². The number of carbonyl (C=O) groups excluding carboxylic acids is 1. The summed E-state index contributed by atoms with van der Waals surface area (Å²) in [7, 11) is 0. The van der Waals surface area contributed by atoms with Crippen LogP contribution in [0, 0.1) is 5.41 Å².